The summed E-state index contributed by atoms with van der Waals surface area (Å²) in [6.07, 6.45) is 5.16. The Morgan fingerprint density at radius 3 is 3.05 bits per heavy atom. The maximum atomic E-state index is 12.6. The highest BCUT2D eigenvalue weighted by Gasteiger charge is 2.30. The Morgan fingerprint density at radius 1 is 1.43 bits per heavy atom. The van der Waals surface area contributed by atoms with Gasteiger partial charge in [0.15, 0.2) is 5.82 Å². The molecule has 2 aliphatic rings. The molecule has 0 aromatic carbocycles. The molecule has 6 nitrogen and oxygen atoms in total. The number of nitrogens with zero attached hydrogens (tertiary/aromatic N) is 3. The molecule has 1 N–H and O–H groups in total. The van der Waals surface area contributed by atoms with E-state index in [0.717, 1.165) is 64.1 Å². The molecule has 0 spiro atoms. The number of aryl methyl sites for hydroxylation is 1. The summed E-state index contributed by atoms with van der Waals surface area (Å²) in [6.45, 7) is 5.43. The van der Waals surface area contributed by atoms with Crippen LogP contribution in [0.4, 0.5) is 0 Å². The van der Waals surface area contributed by atoms with Gasteiger partial charge in [-0.25, -0.2) is 0 Å². The number of likely N-dealkylation sites (tertiary alicyclic amines) is 1. The fourth-order valence-electron chi connectivity index (χ4n) is 3.44. The molecule has 1 amide bonds. The molecular formula is C15H24N4O2. The predicted molar refractivity (Wildman–Crippen MR) is 77.6 cm³/mol. The number of nitrogens with one attached hydrogen (secondary N) is 1. The molecule has 1 aromatic rings. The van der Waals surface area contributed by atoms with Gasteiger partial charge in [0.2, 0.25) is 11.8 Å². The van der Waals surface area contributed by atoms with Crippen molar-refractivity contribution in [2.24, 2.45) is 11.8 Å². The topological polar surface area (TPSA) is 71.3 Å². The van der Waals surface area contributed by atoms with Crippen molar-refractivity contribution >= 4 is 5.91 Å². The monoisotopic (exact) mass is 292 g/mol. The van der Waals surface area contributed by atoms with E-state index in [1.807, 2.05) is 6.92 Å². The van der Waals surface area contributed by atoms with Crippen molar-refractivity contribution in [1.82, 2.24) is 20.4 Å². The first-order valence-corrected chi connectivity index (χ1v) is 8.01. The van der Waals surface area contributed by atoms with Gasteiger partial charge in [0.25, 0.3) is 0 Å². The van der Waals surface area contributed by atoms with Gasteiger partial charge in [0.1, 0.15) is 0 Å². The number of piperidine rings is 2. The highest BCUT2D eigenvalue weighted by Crippen LogP contribution is 2.23. The van der Waals surface area contributed by atoms with E-state index >= 15 is 0 Å². The van der Waals surface area contributed by atoms with E-state index in [9.17, 15) is 4.79 Å². The Morgan fingerprint density at radius 2 is 2.33 bits per heavy atom. The molecule has 0 bridgehead atoms. The third-order valence-electron chi connectivity index (χ3n) is 4.52. The van der Waals surface area contributed by atoms with E-state index in [2.05, 4.69) is 20.4 Å². The zero-order chi connectivity index (χ0) is 14.7. The lowest BCUT2D eigenvalue weighted by molar-refractivity contribution is -0.137. The minimum Gasteiger partial charge on any atom is -0.342 e. The summed E-state index contributed by atoms with van der Waals surface area (Å²) in [5, 5.41) is 7.30. The molecule has 116 valence electrons. The van der Waals surface area contributed by atoms with Crippen molar-refractivity contribution in [3.05, 3.63) is 11.7 Å². The number of carbonyl (C=O) groups excluding carboxylic acids is 1. The summed E-state index contributed by atoms with van der Waals surface area (Å²) in [6, 6.07) is 0. The van der Waals surface area contributed by atoms with Gasteiger partial charge in [-0.05, 0) is 38.1 Å². The van der Waals surface area contributed by atoms with E-state index in [0.29, 0.717) is 17.7 Å². The van der Waals surface area contributed by atoms with Crippen LogP contribution in [0.1, 0.15) is 37.4 Å². The lowest BCUT2D eigenvalue weighted by atomic mass is 9.92. The number of hydrogen-bond acceptors (Lipinski definition) is 5. The summed E-state index contributed by atoms with van der Waals surface area (Å²) >= 11 is 0. The summed E-state index contributed by atoms with van der Waals surface area (Å²) in [7, 11) is 0. The summed E-state index contributed by atoms with van der Waals surface area (Å²) in [4.78, 5) is 18.9. The molecule has 0 saturated carbocycles. The fraction of sp³-hybridized carbons (Fsp3) is 0.800. The second kappa shape index (κ2) is 6.56. The van der Waals surface area contributed by atoms with E-state index in [1.165, 1.54) is 0 Å². The minimum atomic E-state index is 0.171. The van der Waals surface area contributed by atoms with Crippen molar-refractivity contribution in [2.75, 3.05) is 26.2 Å². The standard InChI is InChI=1S/C15H24N4O2/c1-11-17-14(18-21-11)8-12-4-3-7-19(10-12)15(20)13-5-2-6-16-9-13/h12-13,16H,2-10H2,1H3/t12-,13-/m1/s1. The van der Waals surface area contributed by atoms with Crippen LogP contribution in [-0.2, 0) is 11.2 Å². The van der Waals surface area contributed by atoms with Crippen LogP contribution in [0.25, 0.3) is 0 Å². The Bertz CT molecular complexity index is 482. The average Bonchev–Trinajstić information content (AvgIpc) is 2.93. The molecule has 6 heteroatoms. The van der Waals surface area contributed by atoms with Gasteiger partial charge in [0.05, 0.1) is 5.92 Å². The average molecular weight is 292 g/mol. The second-order valence-corrected chi connectivity index (χ2v) is 6.27. The molecule has 2 fully saturated rings. The smallest absolute Gasteiger partial charge is 0.226 e. The molecule has 2 saturated heterocycles. The van der Waals surface area contributed by atoms with Crippen LogP contribution >= 0.6 is 0 Å². The quantitative estimate of drug-likeness (QED) is 0.905. The van der Waals surface area contributed by atoms with Gasteiger partial charge in [-0.1, -0.05) is 5.16 Å². The molecule has 3 rings (SSSR count). The second-order valence-electron chi connectivity index (χ2n) is 6.27. The van der Waals surface area contributed by atoms with Gasteiger partial charge < -0.3 is 14.7 Å². The highest BCUT2D eigenvalue weighted by molar-refractivity contribution is 5.79. The van der Waals surface area contributed by atoms with E-state index in [-0.39, 0.29) is 5.92 Å². The van der Waals surface area contributed by atoms with Crippen LogP contribution in [0.2, 0.25) is 0 Å². The van der Waals surface area contributed by atoms with E-state index in [1.54, 1.807) is 0 Å². The molecular weight excluding hydrogens is 268 g/mol. The summed E-state index contributed by atoms with van der Waals surface area (Å²) in [5.74, 6) is 2.34. The molecule has 2 aliphatic heterocycles. The largest absolute Gasteiger partial charge is 0.342 e. The lowest BCUT2D eigenvalue weighted by Gasteiger charge is -2.35. The van der Waals surface area contributed by atoms with Crippen molar-refractivity contribution in [3.63, 3.8) is 0 Å². The zero-order valence-corrected chi connectivity index (χ0v) is 12.7. The van der Waals surface area contributed by atoms with Gasteiger partial charge in [-0.3, -0.25) is 4.79 Å². The summed E-state index contributed by atoms with van der Waals surface area (Å²) in [5.41, 5.74) is 0. The first-order chi connectivity index (χ1) is 10.2. The number of hydrogen-bond donors (Lipinski definition) is 1. The minimum absolute atomic E-state index is 0.171. The lowest BCUT2D eigenvalue weighted by Crippen LogP contribution is -2.47. The van der Waals surface area contributed by atoms with Crippen molar-refractivity contribution < 1.29 is 9.32 Å². The highest BCUT2D eigenvalue weighted by atomic mass is 16.5. The molecule has 2 atom stereocenters. The van der Waals surface area contributed by atoms with Crippen LogP contribution in [0.5, 0.6) is 0 Å². The maximum Gasteiger partial charge on any atom is 0.226 e. The van der Waals surface area contributed by atoms with Crippen LogP contribution in [0.3, 0.4) is 0 Å². The zero-order valence-electron chi connectivity index (χ0n) is 12.7. The van der Waals surface area contributed by atoms with Crippen LogP contribution < -0.4 is 5.32 Å². The number of amides is 1. The summed E-state index contributed by atoms with van der Waals surface area (Å²) < 4.78 is 5.03. The molecule has 0 radical (unpaired) electrons. The fourth-order valence-corrected chi connectivity index (χ4v) is 3.44. The Kier molecular flexibility index (Phi) is 4.53. The molecule has 1 aromatic heterocycles. The first kappa shape index (κ1) is 14.5. The SMILES string of the molecule is Cc1nc(C[C@H]2CCCN(C(=O)[C@@H]3CCCNC3)C2)no1. The third kappa shape index (κ3) is 3.61. The number of rotatable bonds is 3. The van der Waals surface area contributed by atoms with E-state index < -0.39 is 0 Å². The third-order valence-corrected chi connectivity index (χ3v) is 4.52. The van der Waals surface area contributed by atoms with Crippen LogP contribution in [0, 0.1) is 18.8 Å². The number of carbonyl (C=O) groups is 1. The van der Waals surface area contributed by atoms with Crippen molar-refractivity contribution in [1.29, 1.82) is 0 Å². The Labute approximate surface area is 125 Å². The van der Waals surface area contributed by atoms with Crippen LogP contribution in [0.15, 0.2) is 4.52 Å². The van der Waals surface area contributed by atoms with Gasteiger partial charge >= 0.3 is 0 Å². The molecule has 0 aliphatic carbocycles. The molecule has 0 unspecified atom stereocenters. The Hall–Kier alpha value is -1.43. The van der Waals surface area contributed by atoms with E-state index in [4.69, 9.17) is 4.52 Å². The Balaban J connectivity index is 1.56. The number of aromatic nitrogens is 2. The normalized spacial score (nSPS) is 26.8. The molecule has 3 heterocycles. The van der Waals surface area contributed by atoms with Crippen molar-refractivity contribution in [2.45, 2.75) is 39.0 Å². The maximum absolute atomic E-state index is 12.6. The van der Waals surface area contributed by atoms with Crippen LogP contribution in [-0.4, -0.2) is 47.1 Å². The van der Waals surface area contributed by atoms with Crippen molar-refractivity contribution in [3.8, 4) is 0 Å². The van der Waals surface area contributed by atoms with Gasteiger partial charge in [-0.2, -0.15) is 4.98 Å². The predicted octanol–water partition coefficient (Wildman–Crippen LogP) is 1.16. The molecule has 21 heavy (non-hydrogen) atoms. The first-order valence-electron chi connectivity index (χ1n) is 8.01. The van der Waals surface area contributed by atoms with Gasteiger partial charge in [0, 0.05) is 33.0 Å². The van der Waals surface area contributed by atoms with Gasteiger partial charge in [-0.15, -0.1) is 0 Å².